The van der Waals surface area contributed by atoms with Crippen LogP contribution in [-0.2, 0) is 20.8 Å². The summed E-state index contributed by atoms with van der Waals surface area (Å²) in [4.78, 5) is 26.2. The van der Waals surface area contributed by atoms with Crippen molar-refractivity contribution in [2.75, 3.05) is 6.61 Å². The topological polar surface area (TPSA) is 93.1 Å². The van der Waals surface area contributed by atoms with Gasteiger partial charge in [-0.3, -0.25) is 9.59 Å². The number of ether oxygens (including phenoxy) is 2. The SMILES string of the molecule is CCOc1ccc2c(c1)O[C@@]1(c3ccc(Cl)cc3)[C@H](c3ccccc3)[C@@H](C(=O)O)C(=O)[C@@]21O. The van der Waals surface area contributed by atoms with Gasteiger partial charge >= 0.3 is 5.97 Å². The Morgan fingerprint density at radius 1 is 1.09 bits per heavy atom. The molecule has 1 heterocycles. The Kier molecular flexibility index (Phi) is 4.96. The molecule has 0 spiro atoms. The smallest absolute Gasteiger partial charge is 0.314 e. The molecule has 0 unspecified atom stereocenters. The largest absolute Gasteiger partial charge is 0.494 e. The van der Waals surface area contributed by atoms with Crippen molar-refractivity contribution in [1.82, 2.24) is 0 Å². The quantitative estimate of drug-likeness (QED) is 0.547. The molecule has 0 saturated heterocycles. The summed E-state index contributed by atoms with van der Waals surface area (Å²) >= 11 is 6.12. The Bertz CT molecular complexity index is 1240. The number of halogens is 1. The second kappa shape index (κ2) is 7.61. The summed E-state index contributed by atoms with van der Waals surface area (Å²) in [7, 11) is 0. The van der Waals surface area contributed by atoms with Crippen molar-refractivity contribution in [3.05, 3.63) is 94.5 Å². The molecule has 2 N–H and O–H groups in total. The highest BCUT2D eigenvalue weighted by atomic mass is 35.5. The fourth-order valence-electron chi connectivity index (χ4n) is 5.29. The first-order chi connectivity index (χ1) is 15.8. The summed E-state index contributed by atoms with van der Waals surface area (Å²) in [6.45, 7) is 2.27. The van der Waals surface area contributed by atoms with Gasteiger partial charge in [0.15, 0.2) is 17.0 Å². The van der Waals surface area contributed by atoms with E-state index in [2.05, 4.69) is 0 Å². The van der Waals surface area contributed by atoms with Gasteiger partial charge < -0.3 is 19.7 Å². The van der Waals surface area contributed by atoms with Gasteiger partial charge in [0.05, 0.1) is 12.5 Å². The molecule has 7 heteroatoms. The maximum atomic E-state index is 13.8. The Hall–Kier alpha value is -3.35. The van der Waals surface area contributed by atoms with E-state index in [0.29, 0.717) is 28.5 Å². The van der Waals surface area contributed by atoms with Gasteiger partial charge in [0.2, 0.25) is 0 Å². The van der Waals surface area contributed by atoms with Gasteiger partial charge in [-0.25, -0.2) is 0 Å². The molecule has 0 aromatic heterocycles. The molecule has 6 nitrogen and oxygen atoms in total. The summed E-state index contributed by atoms with van der Waals surface area (Å²) in [5.74, 6) is -3.87. The lowest BCUT2D eigenvalue weighted by Gasteiger charge is -2.39. The Morgan fingerprint density at radius 3 is 2.42 bits per heavy atom. The molecule has 0 bridgehead atoms. The molecule has 33 heavy (non-hydrogen) atoms. The van der Waals surface area contributed by atoms with Crippen LogP contribution in [0.3, 0.4) is 0 Å². The molecule has 5 rings (SSSR count). The number of carbonyl (C=O) groups is 2. The lowest BCUT2D eigenvalue weighted by molar-refractivity contribution is -0.154. The minimum absolute atomic E-state index is 0.218. The third-order valence-electron chi connectivity index (χ3n) is 6.57. The van der Waals surface area contributed by atoms with Gasteiger partial charge in [-0.1, -0.05) is 54.1 Å². The predicted octanol–water partition coefficient (Wildman–Crippen LogP) is 4.28. The van der Waals surface area contributed by atoms with Crippen molar-refractivity contribution in [1.29, 1.82) is 0 Å². The number of carbonyl (C=O) groups excluding carboxylic acids is 1. The van der Waals surface area contributed by atoms with Gasteiger partial charge in [-0.2, -0.15) is 0 Å². The van der Waals surface area contributed by atoms with Crippen LogP contribution in [0.25, 0.3) is 0 Å². The second-order valence-electron chi connectivity index (χ2n) is 8.21. The van der Waals surface area contributed by atoms with E-state index >= 15 is 0 Å². The van der Waals surface area contributed by atoms with Gasteiger partial charge in [0, 0.05) is 16.7 Å². The number of aliphatic hydroxyl groups is 1. The zero-order chi connectivity index (χ0) is 23.4. The van der Waals surface area contributed by atoms with Crippen LogP contribution in [0.4, 0.5) is 0 Å². The van der Waals surface area contributed by atoms with Gasteiger partial charge in [0.1, 0.15) is 17.4 Å². The fraction of sp³-hybridized carbons (Fsp3) is 0.231. The Labute approximate surface area is 195 Å². The van der Waals surface area contributed by atoms with Crippen molar-refractivity contribution in [3.8, 4) is 11.5 Å². The Balaban J connectivity index is 1.84. The van der Waals surface area contributed by atoms with Crippen LogP contribution in [0.1, 0.15) is 29.5 Å². The summed E-state index contributed by atoms with van der Waals surface area (Å²) < 4.78 is 12.1. The minimum atomic E-state index is -2.23. The summed E-state index contributed by atoms with van der Waals surface area (Å²) in [6, 6.07) is 20.2. The number of rotatable bonds is 5. The molecule has 1 aliphatic carbocycles. The van der Waals surface area contributed by atoms with E-state index in [1.54, 1.807) is 72.8 Å². The van der Waals surface area contributed by atoms with Gasteiger partial charge in [0.25, 0.3) is 0 Å². The number of hydrogen-bond acceptors (Lipinski definition) is 5. The normalized spacial score (nSPS) is 27.5. The third kappa shape index (κ3) is 2.84. The first kappa shape index (κ1) is 21.5. The molecule has 3 aromatic carbocycles. The van der Waals surface area contributed by atoms with Crippen molar-refractivity contribution >= 4 is 23.4 Å². The maximum absolute atomic E-state index is 13.8. The lowest BCUT2D eigenvalue weighted by atomic mass is 9.71. The third-order valence-corrected chi connectivity index (χ3v) is 6.82. The average molecular weight is 465 g/mol. The molecular weight excluding hydrogens is 444 g/mol. The molecule has 0 amide bonds. The molecule has 2 aliphatic rings. The van der Waals surface area contributed by atoms with Crippen LogP contribution in [0.2, 0.25) is 5.02 Å². The molecule has 4 atom stereocenters. The molecule has 168 valence electrons. The molecular formula is C26H21ClO6. The van der Waals surface area contributed by atoms with Crippen molar-refractivity contribution in [3.63, 3.8) is 0 Å². The monoisotopic (exact) mass is 464 g/mol. The van der Waals surface area contributed by atoms with Gasteiger partial charge in [-0.05, 0) is 42.3 Å². The highest BCUT2D eigenvalue weighted by Crippen LogP contribution is 2.67. The van der Waals surface area contributed by atoms with E-state index in [4.69, 9.17) is 21.1 Å². The maximum Gasteiger partial charge on any atom is 0.314 e. The van der Waals surface area contributed by atoms with Crippen molar-refractivity contribution in [2.24, 2.45) is 5.92 Å². The standard InChI is InChI=1S/C26H21ClO6/c1-2-32-18-12-13-19-20(14-18)33-26(16-8-10-17(27)11-9-16)22(15-6-4-3-5-7-15)21(24(29)30)23(28)25(19,26)31/h3-14,21-22,31H,2H2,1H3,(H,29,30)/t21-,22-,25+,26+/m1/s1. The van der Waals surface area contributed by atoms with Crippen LogP contribution in [0.5, 0.6) is 11.5 Å². The highest BCUT2D eigenvalue weighted by Gasteiger charge is 2.77. The first-order valence-corrected chi connectivity index (χ1v) is 11.0. The molecule has 3 aromatic rings. The number of hydrogen-bond donors (Lipinski definition) is 2. The van der Waals surface area contributed by atoms with E-state index in [-0.39, 0.29) is 11.3 Å². The van der Waals surface area contributed by atoms with E-state index in [1.165, 1.54) is 0 Å². The van der Waals surface area contributed by atoms with E-state index < -0.39 is 34.8 Å². The summed E-state index contributed by atoms with van der Waals surface area (Å²) in [5.41, 5.74) is -2.71. The first-order valence-electron chi connectivity index (χ1n) is 10.6. The summed E-state index contributed by atoms with van der Waals surface area (Å²) in [5, 5.41) is 22.8. The number of ketones is 1. The molecule has 1 aliphatic heterocycles. The predicted molar refractivity (Wildman–Crippen MR) is 121 cm³/mol. The van der Waals surface area contributed by atoms with Crippen LogP contribution in [0, 0.1) is 5.92 Å². The van der Waals surface area contributed by atoms with Crippen LogP contribution in [0.15, 0.2) is 72.8 Å². The number of aliphatic carboxylic acids is 1. The van der Waals surface area contributed by atoms with Crippen LogP contribution >= 0.6 is 11.6 Å². The van der Waals surface area contributed by atoms with E-state index in [9.17, 15) is 19.8 Å². The summed E-state index contributed by atoms with van der Waals surface area (Å²) in [6.07, 6.45) is 0. The number of benzene rings is 3. The molecule has 0 radical (unpaired) electrons. The Morgan fingerprint density at radius 2 is 1.79 bits per heavy atom. The molecule has 1 saturated carbocycles. The second-order valence-corrected chi connectivity index (χ2v) is 8.65. The minimum Gasteiger partial charge on any atom is -0.494 e. The number of carboxylic acid groups (broad SMARTS) is 1. The molecule has 1 fully saturated rings. The van der Waals surface area contributed by atoms with E-state index in [1.807, 2.05) is 6.92 Å². The zero-order valence-corrected chi connectivity index (χ0v) is 18.5. The number of Topliss-reactive ketones (excluding diaryl/α,β-unsaturated/α-hetero) is 1. The van der Waals surface area contributed by atoms with Crippen LogP contribution < -0.4 is 9.47 Å². The van der Waals surface area contributed by atoms with Crippen molar-refractivity contribution < 1.29 is 29.3 Å². The van der Waals surface area contributed by atoms with Crippen LogP contribution in [-0.4, -0.2) is 28.6 Å². The zero-order valence-electron chi connectivity index (χ0n) is 17.7. The number of carboxylic acids is 1. The fourth-order valence-corrected chi connectivity index (χ4v) is 5.42. The average Bonchev–Trinajstić information content (AvgIpc) is 3.18. The lowest BCUT2D eigenvalue weighted by Crippen LogP contribution is -2.50. The number of fused-ring (bicyclic) bond motifs is 3. The van der Waals surface area contributed by atoms with Crippen molar-refractivity contribution in [2.45, 2.75) is 24.0 Å². The van der Waals surface area contributed by atoms with Gasteiger partial charge in [-0.15, -0.1) is 0 Å². The van der Waals surface area contributed by atoms with E-state index in [0.717, 1.165) is 0 Å². The highest BCUT2D eigenvalue weighted by molar-refractivity contribution is 6.30.